The van der Waals surface area contributed by atoms with Gasteiger partial charge in [-0.05, 0) is 30.7 Å². The highest BCUT2D eigenvalue weighted by Gasteiger charge is 2.21. The number of likely N-dealkylation sites (N-methyl/N-ethyl adjacent to an activating group) is 1. The number of benzene rings is 1. The molecule has 0 saturated heterocycles. The molecule has 1 aromatic rings. The molecule has 5 heteroatoms. The molecule has 1 rings (SSSR count). The lowest BCUT2D eigenvalue weighted by Crippen LogP contribution is -2.47. The van der Waals surface area contributed by atoms with Gasteiger partial charge in [0.15, 0.2) is 0 Å². The quantitative estimate of drug-likeness (QED) is 0.464. The number of amides is 1. The van der Waals surface area contributed by atoms with E-state index in [9.17, 15) is 4.79 Å². The van der Waals surface area contributed by atoms with Gasteiger partial charge in [-0.2, -0.15) is 5.26 Å². The van der Waals surface area contributed by atoms with Gasteiger partial charge in [0.2, 0.25) is 0 Å². The fourth-order valence-electron chi connectivity index (χ4n) is 1.82. The van der Waals surface area contributed by atoms with Gasteiger partial charge >= 0.3 is 0 Å². The van der Waals surface area contributed by atoms with Crippen molar-refractivity contribution in [2.45, 2.75) is 25.8 Å². The predicted octanol–water partition coefficient (Wildman–Crippen LogP) is 1.15. The van der Waals surface area contributed by atoms with Crippen LogP contribution >= 0.6 is 0 Å². The number of hydrogen-bond donors (Lipinski definition) is 2. The molecule has 5 nitrogen and oxygen atoms in total. The van der Waals surface area contributed by atoms with E-state index in [1.165, 1.54) is 0 Å². The monoisotopic (exact) mass is 246 g/mol. The van der Waals surface area contributed by atoms with Crippen LogP contribution in [0.3, 0.4) is 0 Å². The SMILES string of the molecule is CCCC(C(=O)NN)N(C)c1ccc(C#N)cc1. The number of hydrogen-bond acceptors (Lipinski definition) is 4. The van der Waals surface area contributed by atoms with Crippen molar-refractivity contribution in [3.8, 4) is 6.07 Å². The van der Waals surface area contributed by atoms with Gasteiger partial charge in [-0.1, -0.05) is 13.3 Å². The zero-order valence-electron chi connectivity index (χ0n) is 10.7. The van der Waals surface area contributed by atoms with Gasteiger partial charge in [0, 0.05) is 12.7 Å². The highest BCUT2D eigenvalue weighted by molar-refractivity contribution is 5.84. The maximum absolute atomic E-state index is 11.7. The first-order valence-corrected chi connectivity index (χ1v) is 5.87. The molecule has 0 saturated carbocycles. The van der Waals surface area contributed by atoms with Crippen molar-refractivity contribution in [1.82, 2.24) is 5.43 Å². The molecule has 1 amide bonds. The van der Waals surface area contributed by atoms with Crippen LogP contribution in [0.2, 0.25) is 0 Å². The maximum Gasteiger partial charge on any atom is 0.256 e. The van der Waals surface area contributed by atoms with Gasteiger partial charge in [-0.25, -0.2) is 5.84 Å². The van der Waals surface area contributed by atoms with Crippen LogP contribution in [0.1, 0.15) is 25.3 Å². The number of carbonyl (C=O) groups is 1. The molecular weight excluding hydrogens is 228 g/mol. The molecule has 1 atom stereocenters. The zero-order valence-corrected chi connectivity index (χ0v) is 10.7. The first kappa shape index (κ1) is 14.0. The lowest BCUT2D eigenvalue weighted by molar-refractivity contribution is -0.122. The lowest BCUT2D eigenvalue weighted by Gasteiger charge is -2.28. The summed E-state index contributed by atoms with van der Waals surface area (Å²) in [6.07, 6.45) is 1.61. The molecule has 1 aromatic carbocycles. The number of anilines is 1. The summed E-state index contributed by atoms with van der Waals surface area (Å²) in [5.41, 5.74) is 3.67. The average Bonchev–Trinajstić information content (AvgIpc) is 2.43. The van der Waals surface area contributed by atoms with E-state index in [-0.39, 0.29) is 11.9 Å². The minimum atomic E-state index is -0.298. The van der Waals surface area contributed by atoms with Gasteiger partial charge in [-0.15, -0.1) is 0 Å². The average molecular weight is 246 g/mol. The standard InChI is InChI=1S/C13H18N4O/c1-3-4-12(13(18)16-15)17(2)11-7-5-10(9-14)6-8-11/h5-8,12H,3-4,15H2,1-2H3,(H,16,18). The molecule has 3 N–H and O–H groups in total. The summed E-state index contributed by atoms with van der Waals surface area (Å²) in [6, 6.07) is 8.88. The van der Waals surface area contributed by atoms with Crippen LogP contribution in [0.15, 0.2) is 24.3 Å². The Hall–Kier alpha value is -2.06. The second-order valence-electron chi connectivity index (χ2n) is 4.08. The number of rotatable bonds is 5. The van der Waals surface area contributed by atoms with E-state index in [2.05, 4.69) is 11.5 Å². The van der Waals surface area contributed by atoms with Gasteiger partial charge in [0.05, 0.1) is 11.6 Å². The molecule has 0 aromatic heterocycles. The first-order valence-electron chi connectivity index (χ1n) is 5.87. The Bertz CT molecular complexity index is 435. The van der Waals surface area contributed by atoms with Gasteiger partial charge in [0.1, 0.15) is 6.04 Å². The highest BCUT2D eigenvalue weighted by Crippen LogP contribution is 2.18. The highest BCUT2D eigenvalue weighted by atomic mass is 16.2. The van der Waals surface area contributed by atoms with Crippen LogP contribution in [0.5, 0.6) is 0 Å². The number of nitrogens with one attached hydrogen (secondary N) is 1. The van der Waals surface area contributed by atoms with E-state index in [0.29, 0.717) is 5.56 Å². The van der Waals surface area contributed by atoms with Crippen LogP contribution in [0.4, 0.5) is 5.69 Å². The third kappa shape index (κ3) is 3.22. The van der Waals surface area contributed by atoms with Gasteiger partial charge < -0.3 is 4.90 Å². The summed E-state index contributed by atoms with van der Waals surface area (Å²) >= 11 is 0. The second kappa shape index (κ2) is 6.62. The number of carbonyl (C=O) groups excluding carboxylic acids is 1. The topological polar surface area (TPSA) is 82.2 Å². The van der Waals surface area contributed by atoms with E-state index < -0.39 is 0 Å². The van der Waals surface area contributed by atoms with E-state index in [4.69, 9.17) is 11.1 Å². The van der Waals surface area contributed by atoms with Crippen molar-refractivity contribution in [2.75, 3.05) is 11.9 Å². The number of nitrogens with two attached hydrogens (primary N) is 1. The molecule has 0 heterocycles. The first-order chi connectivity index (χ1) is 8.63. The number of hydrazine groups is 1. The van der Waals surface area contributed by atoms with Crippen molar-refractivity contribution < 1.29 is 4.79 Å². The Morgan fingerprint density at radius 1 is 1.50 bits per heavy atom. The molecule has 0 aliphatic rings. The van der Waals surface area contributed by atoms with E-state index in [1.807, 2.05) is 31.0 Å². The van der Waals surface area contributed by atoms with Crippen LogP contribution in [-0.2, 0) is 4.79 Å². The van der Waals surface area contributed by atoms with Crippen molar-refractivity contribution in [3.05, 3.63) is 29.8 Å². The van der Waals surface area contributed by atoms with E-state index in [0.717, 1.165) is 18.5 Å². The number of nitrogens with zero attached hydrogens (tertiary/aromatic N) is 2. The molecular formula is C13H18N4O. The molecule has 18 heavy (non-hydrogen) atoms. The predicted molar refractivity (Wildman–Crippen MR) is 70.6 cm³/mol. The van der Waals surface area contributed by atoms with E-state index in [1.54, 1.807) is 12.1 Å². The molecule has 0 spiro atoms. The second-order valence-corrected chi connectivity index (χ2v) is 4.08. The molecule has 0 fully saturated rings. The van der Waals surface area contributed by atoms with Gasteiger partial charge in [-0.3, -0.25) is 10.2 Å². The Balaban J connectivity index is 2.90. The van der Waals surface area contributed by atoms with Crippen molar-refractivity contribution in [2.24, 2.45) is 5.84 Å². The Morgan fingerprint density at radius 3 is 2.56 bits per heavy atom. The fourth-order valence-corrected chi connectivity index (χ4v) is 1.82. The third-order valence-corrected chi connectivity index (χ3v) is 2.88. The molecule has 0 aliphatic heterocycles. The molecule has 0 aliphatic carbocycles. The summed E-state index contributed by atoms with van der Waals surface area (Å²) < 4.78 is 0. The third-order valence-electron chi connectivity index (χ3n) is 2.88. The van der Waals surface area contributed by atoms with Crippen molar-refractivity contribution in [1.29, 1.82) is 5.26 Å². The summed E-state index contributed by atoms with van der Waals surface area (Å²) in [4.78, 5) is 13.6. The smallest absolute Gasteiger partial charge is 0.256 e. The zero-order chi connectivity index (χ0) is 13.5. The molecule has 1 unspecified atom stereocenters. The van der Waals surface area contributed by atoms with Crippen molar-refractivity contribution >= 4 is 11.6 Å². The Labute approximate surface area is 107 Å². The molecule has 96 valence electrons. The summed E-state index contributed by atoms with van der Waals surface area (Å²) in [6.45, 7) is 2.02. The molecule has 0 radical (unpaired) electrons. The largest absolute Gasteiger partial charge is 0.363 e. The van der Waals surface area contributed by atoms with Crippen LogP contribution in [-0.4, -0.2) is 19.0 Å². The molecule has 0 bridgehead atoms. The minimum absolute atomic E-state index is 0.205. The maximum atomic E-state index is 11.7. The van der Waals surface area contributed by atoms with E-state index >= 15 is 0 Å². The summed E-state index contributed by atoms with van der Waals surface area (Å²) in [7, 11) is 1.84. The normalized spacial score (nSPS) is 11.4. The lowest BCUT2D eigenvalue weighted by atomic mass is 10.1. The van der Waals surface area contributed by atoms with Crippen molar-refractivity contribution in [3.63, 3.8) is 0 Å². The number of nitriles is 1. The Morgan fingerprint density at radius 2 is 2.11 bits per heavy atom. The fraction of sp³-hybridized carbons (Fsp3) is 0.385. The van der Waals surface area contributed by atoms with Gasteiger partial charge in [0.25, 0.3) is 5.91 Å². The summed E-state index contributed by atoms with van der Waals surface area (Å²) in [5, 5.41) is 8.74. The summed E-state index contributed by atoms with van der Waals surface area (Å²) in [5.74, 6) is 4.99. The van der Waals surface area contributed by atoms with Crippen LogP contribution in [0.25, 0.3) is 0 Å². The van der Waals surface area contributed by atoms with Crippen LogP contribution in [0, 0.1) is 11.3 Å². The van der Waals surface area contributed by atoms with Crippen LogP contribution < -0.4 is 16.2 Å². The minimum Gasteiger partial charge on any atom is -0.363 e. The Kier molecular flexibility index (Phi) is 5.15.